The minimum atomic E-state index is -1.04. The Labute approximate surface area is 211 Å². The fourth-order valence-electron chi connectivity index (χ4n) is 5.83. The summed E-state index contributed by atoms with van der Waals surface area (Å²) in [4.78, 5) is 11.9. The van der Waals surface area contributed by atoms with Gasteiger partial charge >= 0.3 is 5.97 Å². The minimum absolute atomic E-state index is 0.0978. The lowest BCUT2D eigenvalue weighted by Gasteiger charge is -2.36. The van der Waals surface area contributed by atoms with Crippen molar-refractivity contribution in [1.82, 2.24) is 14.8 Å². The van der Waals surface area contributed by atoms with E-state index >= 15 is 4.39 Å². The van der Waals surface area contributed by atoms with E-state index in [0.29, 0.717) is 58.9 Å². The number of carboxylic acids is 1. The van der Waals surface area contributed by atoms with Crippen LogP contribution in [0.4, 0.5) is 13.2 Å². The molecule has 0 spiro atoms. The van der Waals surface area contributed by atoms with Gasteiger partial charge in [-0.25, -0.2) is 13.2 Å². The second-order valence-electron chi connectivity index (χ2n) is 11.0. The zero-order valence-corrected chi connectivity index (χ0v) is 20.8. The van der Waals surface area contributed by atoms with Crippen LogP contribution in [0.3, 0.4) is 0 Å². The van der Waals surface area contributed by atoms with Crippen molar-refractivity contribution < 1.29 is 23.1 Å². The number of carboxylic acid groups (broad SMARTS) is 1. The van der Waals surface area contributed by atoms with E-state index in [0.717, 1.165) is 12.1 Å². The molecule has 37 heavy (non-hydrogen) atoms. The maximum atomic E-state index is 16.2. The summed E-state index contributed by atoms with van der Waals surface area (Å²) in [5, 5.41) is 26.9. The molecule has 192 valence electrons. The summed E-state index contributed by atoms with van der Waals surface area (Å²) >= 11 is 0. The SMILES string of the molecule is CC1(C(=O)O)CCC(c2c(C(C)(C)CC#N)n(-c3ccc(F)c(F)c3)c3cc4cn[nH]c4c(F)c23)CC1. The molecule has 1 aliphatic carbocycles. The van der Waals surface area contributed by atoms with Gasteiger partial charge in [0.25, 0.3) is 0 Å². The molecule has 0 saturated heterocycles. The first-order valence-corrected chi connectivity index (χ1v) is 12.2. The number of hydrogen-bond donors (Lipinski definition) is 2. The molecule has 0 aliphatic heterocycles. The van der Waals surface area contributed by atoms with Crippen LogP contribution in [0.1, 0.15) is 70.1 Å². The van der Waals surface area contributed by atoms with Gasteiger partial charge in [-0.15, -0.1) is 0 Å². The average molecular weight is 509 g/mol. The molecule has 0 radical (unpaired) electrons. The quantitative estimate of drug-likeness (QED) is 0.308. The minimum Gasteiger partial charge on any atom is -0.481 e. The summed E-state index contributed by atoms with van der Waals surface area (Å²) in [5.74, 6) is -3.59. The second kappa shape index (κ2) is 8.65. The number of nitrogens with zero attached hydrogens (tertiary/aromatic N) is 3. The lowest BCUT2D eigenvalue weighted by atomic mass is 9.68. The lowest BCUT2D eigenvalue weighted by molar-refractivity contribution is -0.149. The summed E-state index contributed by atoms with van der Waals surface area (Å²) in [6, 6.07) is 7.52. The Morgan fingerprint density at radius 1 is 1.24 bits per heavy atom. The van der Waals surface area contributed by atoms with Crippen LogP contribution < -0.4 is 0 Å². The molecule has 6 nitrogen and oxygen atoms in total. The monoisotopic (exact) mass is 508 g/mol. The van der Waals surface area contributed by atoms with Gasteiger partial charge in [-0.1, -0.05) is 13.8 Å². The molecule has 1 saturated carbocycles. The first-order chi connectivity index (χ1) is 17.5. The molecule has 2 aromatic carbocycles. The van der Waals surface area contributed by atoms with E-state index in [1.54, 1.807) is 17.6 Å². The van der Waals surface area contributed by atoms with Crippen molar-refractivity contribution >= 4 is 27.8 Å². The maximum absolute atomic E-state index is 16.2. The molecule has 4 aromatic rings. The first-order valence-electron chi connectivity index (χ1n) is 12.2. The summed E-state index contributed by atoms with van der Waals surface area (Å²) in [5.41, 5.74) is 0.656. The third-order valence-corrected chi connectivity index (χ3v) is 7.98. The third-order valence-electron chi connectivity index (χ3n) is 7.98. The van der Waals surface area contributed by atoms with Crippen LogP contribution >= 0.6 is 0 Å². The third kappa shape index (κ3) is 3.86. The topological polar surface area (TPSA) is 94.7 Å². The van der Waals surface area contributed by atoms with E-state index in [-0.39, 0.29) is 17.9 Å². The van der Waals surface area contributed by atoms with Crippen LogP contribution in [0.15, 0.2) is 30.5 Å². The highest BCUT2D eigenvalue weighted by atomic mass is 19.2. The summed E-state index contributed by atoms with van der Waals surface area (Å²) in [6.07, 6.45) is 3.44. The van der Waals surface area contributed by atoms with Gasteiger partial charge in [0.15, 0.2) is 17.5 Å². The van der Waals surface area contributed by atoms with E-state index in [1.807, 2.05) is 13.8 Å². The van der Waals surface area contributed by atoms with Crippen LogP contribution in [0.2, 0.25) is 0 Å². The normalized spacial score (nSPS) is 20.4. The Bertz CT molecular complexity index is 1590. The number of aromatic amines is 1. The van der Waals surface area contributed by atoms with Gasteiger partial charge in [-0.3, -0.25) is 9.89 Å². The van der Waals surface area contributed by atoms with Gasteiger partial charge in [0.2, 0.25) is 0 Å². The second-order valence-corrected chi connectivity index (χ2v) is 11.0. The van der Waals surface area contributed by atoms with Crippen molar-refractivity contribution in [2.45, 2.75) is 64.2 Å². The molecular formula is C28H27F3N4O2. The van der Waals surface area contributed by atoms with Gasteiger partial charge in [-0.05, 0) is 62.3 Å². The summed E-state index contributed by atoms with van der Waals surface area (Å²) in [7, 11) is 0. The number of rotatable bonds is 5. The van der Waals surface area contributed by atoms with E-state index in [1.165, 1.54) is 12.3 Å². The van der Waals surface area contributed by atoms with Crippen LogP contribution in [0, 0.1) is 34.2 Å². The number of hydrogen-bond acceptors (Lipinski definition) is 3. The smallest absolute Gasteiger partial charge is 0.309 e. The van der Waals surface area contributed by atoms with Crippen molar-refractivity contribution in [1.29, 1.82) is 5.26 Å². The molecule has 0 atom stereocenters. The number of aliphatic carboxylic acids is 1. The Morgan fingerprint density at radius 3 is 2.57 bits per heavy atom. The van der Waals surface area contributed by atoms with Gasteiger partial charge in [0.05, 0.1) is 23.2 Å². The Morgan fingerprint density at radius 2 is 1.95 bits per heavy atom. The molecule has 0 bridgehead atoms. The molecule has 5 rings (SSSR count). The van der Waals surface area contributed by atoms with Crippen molar-refractivity contribution in [2.24, 2.45) is 5.41 Å². The molecule has 2 heterocycles. The number of nitrogens with one attached hydrogen (secondary N) is 1. The number of H-pyrrole nitrogens is 1. The van der Waals surface area contributed by atoms with Crippen molar-refractivity contribution in [3.63, 3.8) is 0 Å². The predicted octanol–water partition coefficient (Wildman–Crippen LogP) is 6.86. The number of aromatic nitrogens is 3. The number of carbonyl (C=O) groups is 1. The number of fused-ring (bicyclic) bond motifs is 2. The predicted molar refractivity (Wildman–Crippen MR) is 133 cm³/mol. The van der Waals surface area contributed by atoms with Crippen LogP contribution in [0.25, 0.3) is 27.5 Å². The largest absolute Gasteiger partial charge is 0.481 e. The Hall–Kier alpha value is -3.80. The van der Waals surface area contributed by atoms with Crippen molar-refractivity contribution in [2.75, 3.05) is 0 Å². The van der Waals surface area contributed by atoms with Crippen LogP contribution in [-0.2, 0) is 10.2 Å². The van der Waals surface area contributed by atoms with E-state index in [4.69, 9.17) is 0 Å². The first kappa shape index (κ1) is 24.9. The van der Waals surface area contributed by atoms with Gasteiger partial charge in [-0.2, -0.15) is 10.4 Å². The standard InChI is InChI=1S/C28H27F3N4O2/c1-27(2,10-11-32)25-21(15-6-8-28(3,9-7-15)26(36)37)22-20(12-16-14-33-34-24(16)23(22)31)35(25)17-4-5-18(29)19(30)13-17/h4-5,12-15H,6-10H2,1-3H3,(H,33,34)(H,36,37). The maximum Gasteiger partial charge on any atom is 0.309 e. The highest BCUT2D eigenvalue weighted by Crippen LogP contribution is 2.50. The number of halogens is 3. The highest BCUT2D eigenvalue weighted by molar-refractivity contribution is 6.00. The van der Waals surface area contributed by atoms with Crippen molar-refractivity contribution in [3.05, 3.63) is 59.2 Å². The summed E-state index contributed by atoms with van der Waals surface area (Å²) in [6.45, 7) is 5.48. The van der Waals surface area contributed by atoms with Gasteiger partial charge < -0.3 is 9.67 Å². The fraction of sp³-hybridized carbons (Fsp3) is 0.393. The van der Waals surface area contributed by atoms with Gasteiger partial charge in [0.1, 0.15) is 5.52 Å². The Kier molecular flexibility index (Phi) is 5.81. The zero-order chi connectivity index (χ0) is 26.7. The molecule has 0 unspecified atom stereocenters. The molecule has 2 N–H and O–H groups in total. The Balaban J connectivity index is 1.88. The lowest BCUT2D eigenvalue weighted by Crippen LogP contribution is -2.32. The fourth-order valence-corrected chi connectivity index (χ4v) is 5.83. The van der Waals surface area contributed by atoms with Crippen LogP contribution in [0.5, 0.6) is 0 Å². The zero-order valence-electron chi connectivity index (χ0n) is 20.8. The van der Waals surface area contributed by atoms with Gasteiger partial charge in [0, 0.05) is 40.1 Å². The number of nitriles is 1. The highest BCUT2D eigenvalue weighted by Gasteiger charge is 2.42. The molecule has 1 aliphatic rings. The van der Waals surface area contributed by atoms with E-state index in [2.05, 4.69) is 16.3 Å². The van der Waals surface area contributed by atoms with Crippen molar-refractivity contribution in [3.8, 4) is 11.8 Å². The molecule has 1 fully saturated rings. The molecular weight excluding hydrogens is 481 g/mol. The summed E-state index contributed by atoms with van der Waals surface area (Å²) < 4.78 is 46.3. The van der Waals surface area contributed by atoms with E-state index in [9.17, 15) is 23.9 Å². The molecule has 9 heteroatoms. The molecule has 2 aromatic heterocycles. The van der Waals surface area contributed by atoms with E-state index < -0.39 is 34.3 Å². The van der Waals surface area contributed by atoms with Crippen LogP contribution in [-0.4, -0.2) is 25.8 Å². The number of benzene rings is 2. The molecule has 0 amide bonds. The average Bonchev–Trinajstić information content (AvgIpc) is 3.45.